The number of hydrogen-bond acceptors (Lipinski definition) is 8. The summed E-state index contributed by atoms with van der Waals surface area (Å²) < 4.78 is 0. The number of likely N-dealkylation sites (N-methyl/N-ethyl adjacent to an activating group) is 1. The van der Waals surface area contributed by atoms with Gasteiger partial charge in [-0.1, -0.05) is 0 Å². The molecule has 0 saturated carbocycles. The highest BCUT2D eigenvalue weighted by Crippen LogP contribution is 2.38. The van der Waals surface area contributed by atoms with Crippen LogP contribution in [-0.2, 0) is 0 Å². The molecular formula is C18H18N4O5. The highest BCUT2D eigenvalue weighted by molar-refractivity contribution is 6.08. The molecule has 0 bridgehead atoms. The Morgan fingerprint density at radius 1 is 1.11 bits per heavy atom. The van der Waals surface area contributed by atoms with Gasteiger partial charge in [-0.3, -0.25) is 4.99 Å². The van der Waals surface area contributed by atoms with Crippen molar-refractivity contribution in [2.75, 3.05) is 20.1 Å². The average molecular weight is 370 g/mol. The van der Waals surface area contributed by atoms with Gasteiger partial charge in [0.1, 0.15) is 39.3 Å². The molecule has 0 fully saturated rings. The van der Waals surface area contributed by atoms with Gasteiger partial charge in [0.15, 0.2) is 0 Å². The van der Waals surface area contributed by atoms with Crippen molar-refractivity contribution in [3.8, 4) is 17.2 Å². The number of aromatic hydroxyl groups is 3. The number of benzene rings is 2. The smallest absolute Gasteiger partial charge is 0.337 e. The molecule has 5 N–H and O–H groups in total. The van der Waals surface area contributed by atoms with Crippen molar-refractivity contribution in [1.82, 2.24) is 15.3 Å². The molecule has 0 radical (unpaired) electrons. The molecule has 3 aromatic rings. The Balaban J connectivity index is 2.39. The molecule has 1 aromatic heterocycles. The number of rotatable bonds is 5. The predicted octanol–water partition coefficient (Wildman–Crippen LogP) is 1.54. The summed E-state index contributed by atoms with van der Waals surface area (Å²) in [6.45, 7) is 2.58. The second-order valence-electron chi connectivity index (χ2n) is 5.93. The van der Waals surface area contributed by atoms with E-state index in [-0.39, 0.29) is 56.0 Å². The lowest BCUT2D eigenvalue weighted by molar-refractivity contribution is 0.0699. The highest BCUT2D eigenvalue weighted by Gasteiger charge is 2.21. The molecule has 0 spiro atoms. The molecule has 140 valence electrons. The van der Waals surface area contributed by atoms with E-state index in [0.717, 1.165) is 0 Å². The first-order chi connectivity index (χ1) is 12.9. The first-order valence-electron chi connectivity index (χ1n) is 8.12. The minimum atomic E-state index is -1.24. The number of carboxylic acid groups (broad SMARTS) is 1. The fourth-order valence-electron chi connectivity index (χ4n) is 2.71. The molecule has 0 saturated heterocycles. The topological polar surface area (TPSA) is 148 Å². The number of nitrogens with one attached hydrogen (secondary N) is 1. The van der Waals surface area contributed by atoms with Crippen LogP contribution in [0.5, 0.6) is 17.2 Å². The minimum Gasteiger partial charge on any atom is -0.507 e. The lowest BCUT2D eigenvalue weighted by Gasteiger charge is -2.12. The Kier molecular flexibility index (Phi) is 4.78. The zero-order chi connectivity index (χ0) is 19.7. The van der Waals surface area contributed by atoms with E-state index in [1.807, 2.05) is 0 Å². The molecule has 0 aliphatic heterocycles. The van der Waals surface area contributed by atoms with Crippen molar-refractivity contribution in [3.05, 3.63) is 28.8 Å². The summed E-state index contributed by atoms with van der Waals surface area (Å²) in [5.74, 6) is -2.03. The third-order valence-electron chi connectivity index (χ3n) is 4.19. The van der Waals surface area contributed by atoms with Crippen molar-refractivity contribution in [3.63, 3.8) is 0 Å². The Morgan fingerprint density at radius 3 is 2.48 bits per heavy atom. The standard InChI is InChI=1S/C18H18N4O5/c1-8-16(24)10(7-20-6-5-19-2)13-15(17(8)25)22-12-9(18(26)27)3-4-11(23)14(12)21-13/h3-4,7,19,23-25H,5-6H2,1-2H3,(H,26,27)/b20-7+. The van der Waals surface area contributed by atoms with Gasteiger partial charge in [-0.2, -0.15) is 0 Å². The summed E-state index contributed by atoms with van der Waals surface area (Å²) in [4.78, 5) is 24.2. The van der Waals surface area contributed by atoms with Gasteiger partial charge in [-0.15, -0.1) is 0 Å². The van der Waals surface area contributed by atoms with Crippen molar-refractivity contribution in [2.45, 2.75) is 6.92 Å². The van der Waals surface area contributed by atoms with Crippen LogP contribution >= 0.6 is 0 Å². The molecule has 3 rings (SSSR count). The number of phenolic OH excluding ortho intramolecular Hbond substituents is 3. The molecular weight excluding hydrogens is 352 g/mol. The third-order valence-corrected chi connectivity index (χ3v) is 4.19. The summed E-state index contributed by atoms with van der Waals surface area (Å²) in [6.07, 6.45) is 1.42. The second kappa shape index (κ2) is 7.04. The first-order valence-corrected chi connectivity index (χ1v) is 8.12. The van der Waals surface area contributed by atoms with Gasteiger partial charge in [0.05, 0.1) is 17.7 Å². The van der Waals surface area contributed by atoms with Crippen LogP contribution in [0.4, 0.5) is 0 Å². The Morgan fingerprint density at radius 2 is 1.81 bits per heavy atom. The summed E-state index contributed by atoms with van der Waals surface area (Å²) in [5, 5.41) is 43.2. The Labute approximate surface area is 153 Å². The maximum absolute atomic E-state index is 11.5. The quantitative estimate of drug-likeness (QED) is 0.258. The molecule has 0 amide bonds. The van der Waals surface area contributed by atoms with Gasteiger partial charge in [0.2, 0.25) is 0 Å². The summed E-state index contributed by atoms with van der Waals surface area (Å²) >= 11 is 0. The van der Waals surface area contributed by atoms with Gasteiger partial charge in [-0.25, -0.2) is 14.8 Å². The Hall–Kier alpha value is -3.46. The van der Waals surface area contributed by atoms with E-state index in [2.05, 4.69) is 20.3 Å². The molecule has 0 atom stereocenters. The molecule has 2 aromatic carbocycles. The van der Waals surface area contributed by atoms with E-state index in [1.54, 1.807) is 7.05 Å². The van der Waals surface area contributed by atoms with Crippen molar-refractivity contribution in [2.24, 2.45) is 4.99 Å². The zero-order valence-electron chi connectivity index (χ0n) is 14.7. The number of aliphatic imine (C=N–C) groups is 1. The van der Waals surface area contributed by atoms with Crippen LogP contribution in [0.25, 0.3) is 22.1 Å². The van der Waals surface area contributed by atoms with Gasteiger partial charge < -0.3 is 25.7 Å². The third kappa shape index (κ3) is 3.08. The number of carbonyl (C=O) groups is 1. The number of fused-ring (bicyclic) bond motifs is 2. The largest absolute Gasteiger partial charge is 0.507 e. The van der Waals surface area contributed by atoms with Crippen LogP contribution in [0, 0.1) is 6.92 Å². The van der Waals surface area contributed by atoms with E-state index >= 15 is 0 Å². The highest BCUT2D eigenvalue weighted by atomic mass is 16.4. The van der Waals surface area contributed by atoms with Gasteiger partial charge in [0, 0.05) is 18.3 Å². The maximum atomic E-state index is 11.5. The summed E-state index contributed by atoms with van der Waals surface area (Å²) in [6, 6.07) is 2.42. The fraction of sp³-hybridized carbons (Fsp3) is 0.222. The van der Waals surface area contributed by atoms with Crippen LogP contribution in [0.3, 0.4) is 0 Å². The van der Waals surface area contributed by atoms with Gasteiger partial charge in [0.25, 0.3) is 0 Å². The predicted molar refractivity (Wildman–Crippen MR) is 100 cm³/mol. The van der Waals surface area contributed by atoms with Crippen LogP contribution < -0.4 is 5.32 Å². The van der Waals surface area contributed by atoms with Crippen LogP contribution in [-0.4, -0.2) is 62.7 Å². The molecule has 0 unspecified atom stereocenters. The van der Waals surface area contributed by atoms with E-state index in [4.69, 9.17) is 0 Å². The molecule has 27 heavy (non-hydrogen) atoms. The van der Waals surface area contributed by atoms with Crippen molar-refractivity contribution in [1.29, 1.82) is 0 Å². The Bertz CT molecular complexity index is 1090. The molecule has 9 heteroatoms. The van der Waals surface area contributed by atoms with Crippen LogP contribution in [0.2, 0.25) is 0 Å². The van der Waals surface area contributed by atoms with Crippen molar-refractivity contribution < 1.29 is 25.2 Å². The second-order valence-corrected chi connectivity index (χ2v) is 5.93. The van der Waals surface area contributed by atoms with E-state index in [0.29, 0.717) is 13.1 Å². The number of aromatic nitrogens is 2. The lowest BCUT2D eigenvalue weighted by Crippen LogP contribution is -2.10. The number of nitrogens with zero attached hydrogens (tertiary/aromatic N) is 3. The van der Waals surface area contributed by atoms with Crippen molar-refractivity contribution >= 4 is 34.3 Å². The SMILES string of the molecule is CNCC/N=C/c1c(O)c(C)c(O)c2nc3c(C(=O)O)ccc(O)c3nc12. The summed E-state index contributed by atoms with van der Waals surface area (Å²) in [5.41, 5.74) is 0.249. The molecule has 9 nitrogen and oxygen atoms in total. The molecule has 0 aliphatic carbocycles. The van der Waals surface area contributed by atoms with Gasteiger partial charge in [-0.05, 0) is 26.1 Å². The number of hydrogen-bond donors (Lipinski definition) is 5. The van der Waals surface area contributed by atoms with E-state index < -0.39 is 5.97 Å². The minimum absolute atomic E-state index is 0.0148. The molecule has 0 aliphatic rings. The number of carboxylic acids is 1. The normalized spacial score (nSPS) is 11.6. The zero-order valence-corrected chi connectivity index (χ0v) is 14.7. The maximum Gasteiger partial charge on any atom is 0.337 e. The number of aromatic carboxylic acids is 1. The number of phenols is 3. The van der Waals surface area contributed by atoms with E-state index in [9.17, 15) is 25.2 Å². The van der Waals surface area contributed by atoms with Gasteiger partial charge >= 0.3 is 5.97 Å². The average Bonchev–Trinajstić information content (AvgIpc) is 2.65. The lowest BCUT2D eigenvalue weighted by atomic mass is 10.0. The van der Waals surface area contributed by atoms with Crippen LogP contribution in [0.1, 0.15) is 21.5 Å². The van der Waals surface area contributed by atoms with Crippen LogP contribution in [0.15, 0.2) is 17.1 Å². The fourth-order valence-corrected chi connectivity index (χ4v) is 2.71. The van der Waals surface area contributed by atoms with E-state index in [1.165, 1.54) is 25.3 Å². The molecule has 1 heterocycles. The summed E-state index contributed by atoms with van der Waals surface area (Å²) in [7, 11) is 1.79. The monoisotopic (exact) mass is 370 g/mol. The first kappa shape index (κ1) is 18.3.